The van der Waals surface area contributed by atoms with Gasteiger partial charge >= 0.3 is 0 Å². The van der Waals surface area contributed by atoms with Crippen molar-refractivity contribution in [3.63, 3.8) is 0 Å². The molecule has 0 bridgehead atoms. The molecule has 0 saturated carbocycles. The van der Waals surface area contributed by atoms with Gasteiger partial charge in [0.25, 0.3) is 0 Å². The molecule has 2 aromatic rings. The number of aryl methyl sites for hydroxylation is 1. The average Bonchev–Trinajstić information content (AvgIpc) is 2.43. The minimum absolute atomic E-state index is 1.03. The largest absolute Gasteiger partial charge is 0.359 e. The van der Waals surface area contributed by atoms with E-state index >= 15 is 0 Å². The van der Waals surface area contributed by atoms with E-state index in [0.717, 1.165) is 29.7 Å². The van der Waals surface area contributed by atoms with E-state index in [-0.39, 0.29) is 0 Å². The molecule has 1 aromatic heterocycles. The highest BCUT2D eigenvalue weighted by Crippen LogP contribution is 2.23. The Labute approximate surface area is 109 Å². The highest BCUT2D eigenvalue weighted by molar-refractivity contribution is 5.89. The van der Waals surface area contributed by atoms with E-state index in [0.29, 0.717) is 0 Å². The number of hydrogen-bond acceptors (Lipinski definition) is 3. The summed E-state index contributed by atoms with van der Waals surface area (Å²) in [4.78, 5) is 11.0. The summed E-state index contributed by atoms with van der Waals surface area (Å²) in [6.45, 7) is 5.42. The van der Waals surface area contributed by atoms with Crippen LogP contribution in [0.15, 0.2) is 24.5 Å². The van der Waals surface area contributed by atoms with Crippen LogP contribution in [0, 0.1) is 0 Å². The lowest BCUT2D eigenvalue weighted by molar-refractivity contribution is 0.761. The fraction of sp³-hybridized carbons (Fsp3) is 0.467. The van der Waals surface area contributed by atoms with Crippen molar-refractivity contribution in [1.82, 2.24) is 9.97 Å². The first-order chi connectivity index (χ1) is 8.76. The van der Waals surface area contributed by atoms with E-state index in [4.69, 9.17) is 0 Å². The summed E-state index contributed by atoms with van der Waals surface area (Å²) in [7, 11) is 2.11. The normalized spacial score (nSPS) is 10.8. The lowest BCUT2D eigenvalue weighted by Gasteiger charge is -2.19. The van der Waals surface area contributed by atoms with Gasteiger partial charge in [0.05, 0.1) is 5.52 Å². The summed E-state index contributed by atoms with van der Waals surface area (Å²) in [5, 5.41) is 1.16. The first-order valence-electron chi connectivity index (χ1n) is 6.71. The highest BCUT2D eigenvalue weighted by Gasteiger charge is 2.08. The van der Waals surface area contributed by atoms with Gasteiger partial charge in [-0.2, -0.15) is 0 Å². The van der Waals surface area contributed by atoms with Crippen LogP contribution in [0.2, 0.25) is 0 Å². The summed E-state index contributed by atoms with van der Waals surface area (Å²) in [5.41, 5.74) is 2.36. The second-order valence-electron chi connectivity index (χ2n) is 4.68. The molecule has 0 N–H and O–H groups in total. The molecule has 0 amide bonds. The highest BCUT2D eigenvalue weighted by atomic mass is 15.2. The molecular formula is C15H21N3. The molecule has 0 aliphatic rings. The molecule has 2 rings (SSSR count). The van der Waals surface area contributed by atoms with Gasteiger partial charge in [-0.1, -0.05) is 26.3 Å². The van der Waals surface area contributed by atoms with Crippen molar-refractivity contribution in [2.75, 3.05) is 18.5 Å². The molecule has 0 unspecified atom stereocenters. The Morgan fingerprint density at radius 1 is 1.17 bits per heavy atom. The molecule has 0 fully saturated rings. The fourth-order valence-corrected chi connectivity index (χ4v) is 2.12. The Hall–Kier alpha value is -1.64. The number of aromatic nitrogens is 2. The number of anilines is 1. The fourth-order valence-electron chi connectivity index (χ4n) is 2.12. The molecule has 0 aliphatic heterocycles. The predicted molar refractivity (Wildman–Crippen MR) is 77.1 cm³/mol. The monoisotopic (exact) mass is 243 g/mol. The number of benzene rings is 1. The van der Waals surface area contributed by atoms with Crippen molar-refractivity contribution in [3.8, 4) is 0 Å². The zero-order valence-corrected chi connectivity index (χ0v) is 11.5. The van der Waals surface area contributed by atoms with Gasteiger partial charge in [-0.15, -0.1) is 0 Å². The Bertz CT molecular complexity index is 522. The van der Waals surface area contributed by atoms with Crippen molar-refractivity contribution in [2.24, 2.45) is 0 Å². The van der Waals surface area contributed by atoms with E-state index in [1.54, 1.807) is 6.33 Å². The lowest BCUT2D eigenvalue weighted by atomic mass is 10.1. The Kier molecular flexibility index (Phi) is 4.13. The number of hydrogen-bond donors (Lipinski definition) is 0. The van der Waals surface area contributed by atoms with Gasteiger partial charge in [-0.3, -0.25) is 0 Å². The summed E-state index contributed by atoms with van der Waals surface area (Å²) in [5.74, 6) is 1.05. The zero-order valence-electron chi connectivity index (χ0n) is 11.5. The second-order valence-corrected chi connectivity index (χ2v) is 4.68. The maximum absolute atomic E-state index is 4.45. The quantitative estimate of drug-likeness (QED) is 0.805. The van der Waals surface area contributed by atoms with Crippen LogP contribution in [0.5, 0.6) is 0 Å². The van der Waals surface area contributed by atoms with Crippen molar-refractivity contribution in [3.05, 3.63) is 30.1 Å². The number of unbranched alkanes of at least 4 members (excludes halogenated alkanes) is 1. The Morgan fingerprint density at radius 3 is 2.72 bits per heavy atom. The van der Waals surface area contributed by atoms with Crippen LogP contribution in [-0.4, -0.2) is 23.6 Å². The van der Waals surface area contributed by atoms with E-state index in [2.05, 4.69) is 54.0 Å². The second kappa shape index (κ2) is 5.80. The standard InChI is InChI=1S/C15H21N3/c1-4-6-9-18(3)15-13-10-12(5-2)7-8-14(13)16-11-17-15/h7-8,10-11H,4-6,9H2,1-3H3. The summed E-state index contributed by atoms with van der Waals surface area (Å²) in [6.07, 6.45) is 5.09. The zero-order chi connectivity index (χ0) is 13.0. The van der Waals surface area contributed by atoms with Crippen molar-refractivity contribution in [1.29, 1.82) is 0 Å². The molecule has 0 aliphatic carbocycles. The van der Waals surface area contributed by atoms with Crippen molar-refractivity contribution < 1.29 is 0 Å². The van der Waals surface area contributed by atoms with E-state index in [1.165, 1.54) is 18.4 Å². The maximum atomic E-state index is 4.45. The third kappa shape index (κ3) is 2.61. The van der Waals surface area contributed by atoms with E-state index < -0.39 is 0 Å². The van der Waals surface area contributed by atoms with Gasteiger partial charge < -0.3 is 4.90 Å². The molecule has 96 valence electrons. The van der Waals surface area contributed by atoms with Crippen LogP contribution in [-0.2, 0) is 6.42 Å². The molecule has 18 heavy (non-hydrogen) atoms. The predicted octanol–water partition coefficient (Wildman–Crippen LogP) is 3.43. The van der Waals surface area contributed by atoms with Crippen LogP contribution in [0.25, 0.3) is 10.9 Å². The van der Waals surface area contributed by atoms with Crippen molar-refractivity contribution >= 4 is 16.7 Å². The van der Waals surface area contributed by atoms with Crippen molar-refractivity contribution in [2.45, 2.75) is 33.1 Å². The molecule has 1 aromatic carbocycles. The van der Waals surface area contributed by atoms with Crippen LogP contribution >= 0.6 is 0 Å². The molecular weight excluding hydrogens is 222 g/mol. The minimum Gasteiger partial charge on any atom is -0.359 e. The SMILES string of the molecule is CCCCN(C)c1ncnc2ccc(CC)cc12. The van der Waals surface area contributed by atoms with Gasteiger partial charge in [0.2, 0.25) is 0 Å². The van der Waals surface area contributed by atoms with E-state index in [9.17, 15) is 0 Å². The minimum atomic E-state index is 1.03. The van der Waals surface area contributed by atoms with Crippen LogP contribution in [0.4, 0.5) is 5.82 Å². The average molecular weight is 243 g/mol. The molecule has 3 nitrogen and oxygen atoms in total. The summed E-state index contributed by atoms with van der Waals surface area (Å²) < 4.78 is 0. The molecule has 3 heteroatoms. The van der Waals surface area contributed by atoms with Gasteiger partial charge in [0.15, 0.2) is 0 Å². The third-order valence-electron chi connectivity index (χ3n) is 3.30. The summed E-state index contributed by atoms with van der Waals surface area (Å²) in [6, 6.07) is 6.45. The first kappa shape index (κ1) is 12.8. The third-order valence-corrected chi connectivity index (χ3v) is 3.30. The van der Waals surface area contributed by atoms with Gasteiger partial charge in [-0.05, 0) is 30.5 Å². The van der Waals surface area contributed by atoms with Gasteiger partial charge in [-0.25, -0.2) is 9.97 Å². The van der Waals surface area contributed by atoms with Crippen LogP contribution in [0.3, 0.4) is 0 Å². The number of nitrogens with zero attached hydrogens (tertiary/aromatic N) is 3. The van der Waals surface area contributed by atoms with Gasteiger partial charge in [0, 0.05) is 19.0 Å². The molecule has 0 radical (unpaired) electrons. The number of fused-ring (bicyclic) bond motifs is 1. The molecule has 0 saturated heterocycles. The lowest BCUT2D eigenvalue weighted by Crippen LogP contribution is -2.20. The number of rotatable bonds is 5. The maximum Gasteiger partial charge on any atom is 0.139 e. The van der Waals surface area contributed by atoms with E-state index in [1.807, 2.05) is 0 Å². The van der Waals surface area contributed by atoms with Gasteiger partial charge in [0.1, 0.15) is 12.1 Å². The van der Waals surface area contributed by atoms with Crippen LogP contribution in [0.1, 0.15) is 32.3 Å². The molecule has 0 spiro atoms. The Balaban J connectivity index is 2.42. The summed E-state index contributed by atoms with van der Waals surface area (Å²) >= 11 is 0. The van der Waals surface area contributed by atoms with Crippen LogP contribution < -0.4 is 4.90 Å². The topological polar surface area (TPSA) is 29.0 Å². The first-order valence-corrected chi connectivity index (χ1v) is 6.71. The molecule has 0 atom stereocenters. The molecule has 1 heterocycles. The Morgan fingerprint density at radius 2 is 2.00 bits per heavy atom. The smallest absolute Gasteiger partial charge is 0.139 e.